The molecule has 0 bridgehead atoms. The summed E-state index contributed by atoms with van der Waals surface area (Å²) < 4.78 is 6.76. The Morgan fingerprint density at radius 3 is 3.04 bits per heavy atom. The first-order chi connectivity index (χ1) is 12.6. The molecule has 26 heavy (non-hydrogen) atoms. The Hall–Kier alpha value is -2.25. The maximum Gasteiger partial charge on any atom is 0.239 e. The lowest BCUT2D eigenvalue weighted by Crippen LogP contribution is -2.31. The van der Waals surface area contributed by atoms with Crippen LogP contribution in [0.2, 0.25) is 0 Å². The highest BCUT2D eigenvalue weighted by Crippen LogP contribution is 2.32. The third kappa shape index (κ3) is 3.37. The summed E-state index contributed by atoms with van der Waals surface area (Å²) in [5.41, 5.74) is 1.30. The van der Waals surface area contributed by atoms with Crippen LogP contribution >= 0.6 is 11.3 Å². The quantitative estimate of drug-likeness (QED) is 0.745. The standard InChI is InChI=1S/C19H21N3O3S/c1-12-20-21-19(25-12)16-9-14(23)10-22(16)18(24)8-4-5-13-11-26-17-7-3-2-6-15(13)17/h2-3,6-7,11,14,16,23H,4-5,8-10H2,1H3/t14-,16-/m1/s1. The molecule has 1 saturated heterocycles. The third-order valence-electron chi connectivity index (χ3n) is 4.82. The highest BCUT2D eigenvalue weighted by molar-refractivity contribution is 7.17. The van der Waals surface area contributed by atoms with Crippen LogP contribution in [0.15, 0.2) is 34.1 Å². The number of β-amino-alcohol motifs (C(OH)–C–C–N with tert-alkyl or cyclic N) is 1. The lowest BCUT2D eigenvalue weighted by molar-refractivity contribution is -0.132. The second-order valence-electron chi connectivity index (χ2n) is 6.72. The fourth-order valence-corrected chi connectivity index (χ4v) is 4.57. The van der Waals surface area contributed by atoms with E-state index in [-0.39, 0.29) is 11.9 Å². The van der Waals surface area contributed by atoms with Crippen LogP contribution in [0, 0.1) is 6.92 Å². The normalized spacial score (nSPS) is 20.2. The van der Waals surface area contributed by atoms with Gasteiger partial charge in [-0.05, 0) is 35.2 Å². The number of carbonyl (C=O) groups is 1. The van der Waals surface area contributed by atoms with Gasteiger partial charge >= 0.3 is 0 Å². The van der Waals surface area contributed by atoms with Crippen molar-refractivity contribution in [3.63, 3.8) is 0 Å². The average molecular weight is 371 g/mol. The molecule has 136 valence electrons. The van der Waals surface area contributed by atoms with Gasteiger partial charge < -0.3 is 14.4 Å². The van der Waals surface area contributed by atoms with Crippen molar-refractivity contribution in [3.8, 4) is 0 Å². The van der Waals surface area contributed by atoms with E-state index >= 15 is 0 Å². The molecule has 1 aliphatic rings. The summed E-state index contributed by atoms with van der Waals surface area (Å²) in [7, 11) is 0. The van der Waals surface area contributed by atoms with E-state index in [4.69, 9.17) is 4.42 Å². The highest BCUT2D eigenvalue weighted by atomic mass is 32.1. The molecule has 0 spiro atoms. The Balaban J connectivity index is 1.39. The SMILES string of the molecule is Cc1nnc([C@H]2C[C@@H](O)CN2C(=O)CCCc2csc3ccccc23)o1. The van der Waals surface area contributed by atoms with Crippen LogP contribution in [0.4, 0.5) is 0 Å². The minimum absolute atomic E-state index is 0.0296. The number of aliphatic hydroxyl groups excluding tert-OH is 1. The second-order valence-corrected chi connectivity index (χ2v) is 7.63. The van der Waals surface area contributed by atoms with Gasteiger partial charge in [0.1, 0.15) is 6.04 Å². The van der Waals surface area contributed by atoms with Crippen LogP contribution in [-0.2, 0) is 11.2 Å². The second kappa shape index (κ2) is 7.17. The maximum absolute atomic E-state index is 12.7. The number of thiophene rings is 1. The van der Waals surface area contributed by atoms with Crippen molar-refractivity contribution in [1.29, 1.82) is 0 Å². The summed E-state index contributed by atoms with van der Waals surface area (Å²) in [4.78, 5) is 14.4. The van der Waals surface area contributed by atoms with Gasteiger partial charge in [0.25, 0.3) is 0 Å². The zero-order chi connectivity index (χ0) is 18.1. The Bertz CT molecular complexity index is 920. The number of hydrogen-bond acceptors (Lipinski definition) is 6. The number of amides is 1. The predicted molar refractivity (Wildman–Crippen MR) is 98.9 cm³/mol. The molecule has 2 aromatic heterocycles. The fraction of sp³-hybridized carbons (Fsp3) is 0.421. The third-order valence-corrected chi connectivity index (χ3v) is 5.84. The smallest absolute Gasteiger partial charge is 0.239 e. The molecule has 0 saturated carbocycles. The summed E-state index contributed by atoms with van der Waals surface area (Å²) >= 11 is 1.74. The zero-order valence-corrected chi connectivity index (χ0v) is 15.4. The van der Waals surface area contributed by atoms with Crippen molar-refractivity contribution in [3.05, 3.63) is 47.0 Å². The van der Waals surface area contributed by atoms with Gasteiger partial charge in [-0.15, -0.1) is 21.5 Å². The van der Waals surface area contributed by atoms with Crippen molar-refractivity contribution in [2.75, 3.05) is 6.54 Å². The molecule has 4 rings (SSSR count). The number of likely N-dealkylation sites (tertiary alicyclic amines) is 1. The van der Waals surface area contributed by atoms with E-state index in [1.165, 1.54) is 15.6 Å². The summed E-state index contributed by atoms with van der Waals surface area (Å²) in [5, 5.41) is 21.3. The largest absolute Gasteiger partial charge is 0.423 e. The number of rotatable bonds is 5. The molecule has 6 nitrogen and oxygen atoms in total. The molecule has 1 amide bonds. The van der Waals surface area contributed by atoms with E-state index in [1.54, 1.807) is 23.2 Å². The fourth-order valence-electron chi connectivity index (χ4n) is 3.57. The van der Waals surface area contributed by atoms with Gasteiger partial charge in [0.05, 0.1) is 6.10 Å². The van der Waals surface area contributed by atoms with Crippen molar-refractivity contribution >= 4 is 27.3 Å². The van der Waals surface area contributed by atoms with Crippen molar-refractivity contribution in [2.45, 2.75) is 44.8 Å². The molecule has 7 heteroatoms. The molecule has 1 aromatic carbocycles. The number of aryl methyl sites for hydroxylation is 2. The molecule has 2 atom stereocenters. The molecule has 1 aliphatic heterocycles. The van der Waals surface area contributed by atoms with Gasteiger partial charge in [0.2, 0.25) is 17.7 Å². The summed E-state index contributed by atoms with van der Waals surface area (Å²) in [6, 6.07) is 8.03. The summed E-state index contributed by atoms with van der Waals surface area (Å²) in [6.07, 6.45) is 2.00. The monoisotopic (exact) mass is 371 g/mol. The van der Waals surface area contributed by atoms with Crippen molar-refractivity contribution in [1.82, 2.24) is 15.1 Å². The van der Waals surface area contributed by atoms with Gasteiger partial charge in [-0.2, -0.15) is 0 Å². The van der Waals surface area contributed by atoms with Crippen LogP contribution in [0.5, 0.6) is 0 Å². The lowest BCUT2D eigenvalue weighted by Gasteiger charge is -2.21. The lowest BCUT2D eigenvalue weighted by atomic mass is 10.1. The minimum atomic E-state index is -0.544. The van der Waals surface area contributed by atoms with Crippen LogP contribution in [-0.4, -0.2) is 38.8 Å². The predicted octanol–water partition coefficient (Wildman–Crippen LogP) is 3.25. The Labute approximate surface area is 155 Å². The molecule has 1 fully saturated rings. The van der Waals surface area contributed by atoms with Gasteiger partial charge in [-0.25, -0.2) is 0 Å². The van der Waals surface area contributed by atoms with Crippen LogP contribution < -0.4 is 0 Å². The number of carbonyl (C=O) groups excluding carboxylic acids is 1. The van der Waals surface area contributed by atoms with Crippen LogP contribution in [0.3, 0.4) is 0 Å². The topological polar surface area (TPSA) is 79.5 Å². The molecular formula is C19H21N3O3S. The first-order valence-electron chi connectivity index (χ1n) is 8.84. The number of nitrogens with zero attached hydrogens (tertiary/aromatic N) is 3. The van der Waals surface area contributed by atoms with E-state index in [0.717, 1.165) is 12.8 Å². The zero-order valence-electron chi connectivity index (χ0n) is 14.6. The van der Waals surface area contributed by atoms with E-state index < -0.39 is 6.10 Å². The number of hydrogen-bond donors (Lipinski definition) is 1. The number of aliphatic hydroxyl groups is 1. The van der Waals surface area contributed by atoms with E-state index in [1.807, 2.05) is 12.1 Å². The Morgan fingerprint density at radius 2 is 2.23 bits per heavy atom. The molecular weight excluding hydrogens is 350 g/mol. The van der Waals surface area contributed by atoms with Gasteiger partial charge in [-0.1, -0.05) is 18.2 Å². The van der Waals surface area contributed by atoms with Gasteiger partial charge in [0, 0.05) is 31.0 Å². The van der Waals surface area contributed by atoms with Gasteiger partial charge in [0.15, 0.2) is 0 Å². The minimum Gasteiger partial charge on any atom is -0.423 e. The van der Waals surface area contributed by atoms with Crippen LogP contribution in [0.25, 0.3) is 10.1 Å². The van der Waals surface area contributed by atoms with E-state index in [9.17, 15) is 9.90 Å². The van der Waals surface area contributed by atoms with Gasteiger partial charge in [-0.3, -0.25) is 4.79 Å². The molecule has 0 unspecified atom stereocenters. The number of aromatic nitrogens is 2. The van der Waals surface area contributed by atoms with E-state index in [0.29, 0.717) is 31.2 Å². The van der Waals surface area contributed by atoms with Crippen molar-refractivity contribution < 1.29 is 14.3 Å². The molecule has 0 radical (unpaired) electrons. The molecule has 3 aromatic rings. The first-order valence-corrected chi connectivity index (χ1v) is 9.72. The van der Waals surface area contributed by atoms with E-state index in [2.05, 4.69) is 27.7 Å². The summed E-state index contributed by atoms with van der Waals surface area (Å²) in [6.45, 7) is 2.05. The highest BCUT2D eigenvalue weighted by Gasteiger charge is 2.38. The van der Waals surface area contributed by atoms with Crippen LogP contribution in [0.1, 0.15) is 42.6 Å². The number of benzene rings is 1. The summed E-state index contributed by atoms with van der Waals surface area (Å²) in [5.74, 6) is 0.913. The maximum atomic E-state index is 12.7. The molecule has 0 aliphatic carbocycles. The average Bonchev–Trinajstić information content (AvgIpc) is 3.33. The number of fused-ring (bicyclic) bond motifs is 1. The molecule has 3 heterocycles. The molecule has 1 N–H and O–H groups in total. The Morgan fingerprint density at radius 1 is 1.38 bits per heavy atom. The first kappa shape index (κ1) is 17.2. The van der Waals surface area contributed by atoms with Crippen molar-refractivity contribution in [2.24, 2.45) is 0 Å². The Kier molecular flexibility index (Phi) is 4.74.